The zero-order chi connectivity index (χ0) is 57.8. The molecule has 0 radical (unpaired) electrons. The second kappa shape index (κ2) is 68.9. The Kier molecular flexibility index (Phi) is 66.6. The van der Waals surface area contributed by atoms with Crippen molar-refractivity contribution < 1.29 is 28.6 Å². The summed E-state index contributed by atoms with van der Waals surface area (Å²) in [6, 6.07) is 0. The van der Waals surface area contributed by atoms with Crippen molar-refractivity contribution in [3.63, 3.8) is 0 Å². The van der Waals surface area contributed by atoms with Crippen LogP contribution in [0.2, 0.25) is 0 Å². The smallest absolute Gasteiger partial charge is 0.306 e. The molecule has 0 N–H and O–H groups in total. The molecule has 0 aromatic rings. The third-order valence-corrected chi connectivity index (χ3v) is 16.1. The van der Waals surface area contributed by atoms with E-state index in [9.17, 15) is 14.4 Å². The summed E-state index contributed by atoms with van der Waals surface area (Å²) in [5.74, 6) is -0.854. The van der Waals surface area contributed by atoms with Crippen molar-refractivity contribution in [2.75, 3.05) is 13.2 Å². The van der Waals surface area contributed by atoms with Gasteiger partial charge in [-0.05, 0) is 57.8 Å². The van der Waals surface area contributed by atoms with Crippen molar-refractivity contribution in [3.05, 3.63) is 48.6 Å². The van der Waals surface area contributed by atoms with Crippen LogP contribution >= 0.6 is 0 Å². The molecule has 6 heteroatoms. The Morgan fingerprint density at radius 2 is 0.487 bits per heavy atom. The normalized spacial score (nSPS) is 12.3. The van der Waals surface area contributed by atoms with Gasteiger partial charge < -0.3 is 14.2 Å². The second-order valence-corrected chi connectivity index (χ2v) is 24.1. The van der Waals surface area contributed by atoms with E-state index in [1.54, 1.807) is 0 Å². The predicted molar refractivity (Wildman–Crippen MR) is 349 cm³/mol. The van der Waals surface area contributed by atoms with Crippen molar-refractivity contribution in [1.82, 2.24) is 0 Å². The van der Waals surface area contributed by atoms with Crippen molar-refractivity contribution in [3.8, 4) is 0 Å². The molecule has 0 aliphatic heterocycles. The number of unbranched alkanes of at least 4 members (excludes halogenated alkanes) is 47. The molecule has 0 aromatic carbocycles. The number of hydrogen-bond donors (Lipinski definition) is 0. The summed E-state index contributed by atoms with van der Waals surface area (Å²) in [4.78, 5) is 38.1. The highest BCUT2D eigenvalue weighted by molar-refractivity contribution is 5.71. The summed E-state index contributed by atoms with van der Waals surface area (Å²) in [7, 11) is 0. The van der Waals surface area contributed by atoms with Crippen molar-refractivity contribution in [2.45, 2.75) is 393 Å². The summed E-state index contributed by atoms with van der Waals surface area (Å²) < 4.78 is 16.9. The Morgan fingerprint density at radius 3 is 0.762 bits per heavy atom. The number of esters is 3. The Hall–Kier alpha value is -2.63. The van der Waals surface area contributed by atoms with Gasteiger partial charge in [0.05, 0.1) is 0 Å². The maximum absolute atomic E-state index is 12.9. The van der Waals surface area contributed by atoms with Gasteiger partial charge >= 0.3 is 17.9 Å². The van der Waals surface area contributed by atoms with E-state index in [4.69, 9.17) is 14.2 Å². The SMILES string of the molecule is CC/C=C\C/C=C\C/C=C\C/C=C\CCCCCCCCCCCCCCCCC(=O)OC(COC(=O)CCCCCCCC)COC(=O)CCCCCCCCCCCCCCCCCCCCCCCCCCCCCCC. The number of allylic oxidation sites excluding steroid dienone is 8. The minimum absolute atomic E-state index is 0.0678. The standard InChI is InChI=1S/C74H136O6/c1-4-7-10-13-16-18-20-22-24-26-28-30-32-34-36-37-39-40-42-44-46-48-50-52-54-56-58-61-64-67-73(76)79-70-71(69-78-72(75)66-63-60-15-12-9-6-3)80-74(77)68-65-62-59-57-55-53-51-49-47-45-43-41-38-35-33-31-29-27-25-23-21-19-17-14-11-8-5-2/h8,11,17,19,23,25,29,31,71H,4-7,9-10,12-16,18,20-22,24,26-28,30,32-70H2,1-3H3/b11-8-,19-17-,25-23-,31-29-. The number of carbonyl (C=O) groups is 3. The van der Waals surface area contributed by atoms with Crippen molar-refractivity contribution >= 4 is 17.9 Å². The fourth-order valence-corrected chi connectivity index (χ4v) is 10.8. The maximum atomic E-state index is 12.9. The first-order valence-corrected chi connectivity index (χ1v) is 35.6. The molecule has 0 heterocycles. The van der Waals surface area contributed by atoms with E-state index in [0.717, 1.165) is 83.5 Å². The summed E-state index contributed by atoms with van der Waals surface area (Å²) in [5, 5.41) is 0. The van der Waals surface area contributed by atoms with Crippen LogP contribution < -0.4 is 0 Å². The van der Waals surface area contributed by atoms with E-state index in [0.29, 0.717) is 19.3 Å². The average molecular weight is 1120 g/mol. The molecular formula is C74H136O6. The Morgan fingerprint density at radius 1 is 0.263 bits per heavy atom. The third-order valence-electron chi connectivity index (χ3n) is 16.1. The van der Waals surface area contributed by atoms with E-state index < -0.39 is 6.10 Å². The van der Waals surface area contributed by atoms with Gasteiger partial charge in [-0.25, -0.2) is 0 Å². The van der Waals surface area contributed by atoms with Crippen LogP contribution in [-0.4, -0.2) is 37.2 Å². The molecule has 0 rings (SSSR count). The zero-order valence-corrected chi connectivity index (χ0v) is 53.9. The highest BCUT2D eigenvalue weighted by atomic mass is 16.6. The van der Waals surface area contributed by atoms with Gasteiger partial charge in [0.1, 0.15) is 13.2 Å². The molecule has 1 atom stereocenters. The van der Waals surface area contributed by atoms with Crippen LogP contribution in [-0.2, 0) is 28.6 Å². The summed E-state index contributed by atoms with van der Waals surface area (Å²) in [5.41, 5.74) is 0. The highest BCUT2D eigenvalue weighted by Crippen LogP contribution is 2.19. The van der Waals surface area contributed by atoms with E-state index >= 15 is 0 Å². The lowest BCUT2D eigenvalue weighted by Gasteiger charge is -2.18. The zero-order valence-electron chi connectivity index (χ0n) is 53.9. The first-order chi connectivity index (χ1) is 39.5. The molecule has 6 nitrogen and oxygen atoms in total. The van der Waals surface area contributed by atoms with Crippen LogP contribution in [0.1, 0.15) is 387 Å². The molecule has 80 heavy (non-hydrogen) atoms. The Bertz CT molecular complexity index is 1380. The lowest BCUT2D eigenvalue weighted by atomic mass is 10.0. The summed E-state index contributed by atoms with van der Waals surface area (Å²) in [6.45, 7) is 6.54. The van der Waals surface area contributed by atoms with Crippen LogP contribution in [0.5, 0.6) is 0 Å². The molecule has 0 fully saturated rings. The molecule has 0 aromatic heterocycles. The lowest BCUT2D eigenvalue weighted by molar-refractivity contribution is -0.167. The van der Waals surface area contributed by atoms with Crippen LogP contribution in [0.25, 0.3) is 0 Å². The third kappa shape index (κ3) is 66.2. The van der Waals surface area contributed by atoms with E-state index in [-0.39, 0.29) is 31.1 Å². The molecule has 0 spiro atoms. The van der Waals surface area contributed by atoms with Gasteiger partial charge in [0, 0.05) is 19.3 Å². The molecule has 0 aliphatic rings. The number of hydrogen-bond acceptors (Lipinski definition) is 6. The fraction of sp³-hybridized carbons (Fsp3) is 0.851. The predicted octanol–water partition coefficient (Wildman–Crippen LogP) is 24.5. The van der Waals surface area contributed by atoms with E-state index in [2.05, 4.69) is 69.4 Å². The molecule has 0 aliphatic carbocycles. The molecular weight excluding hydrogens is 985 g/mol. The summed E-state index contributed by atoms with van der Waals surface area (Å²) >= 11 is 0. The summed E-state index contributed by atoms with van der Waals surface area (Å²) in [6.07, 6.45) is 87.7. The van der Waals surface area contributed by atoms with Gasteiger partial charge in [0.2, 0.25) is 0 Å². The first-order valence-electron chi connectivity index (χ1n) is 35.6. The molecule has 0 saturated heterocycles. The number of rotatable bonds is 66. The Labute approximate surface area is 498 Å². The highest BCUT2D eigenvalue weighted by Gasteiger charge is 2.19. The van der Waals surface area contributed by atoms with Gasteiger partial charge in [-0.15, -0.1) is 0 Å². The van der Waals surface area contributed by atoms with E-state index in [1.807, 2.05) is 0 Å². The quantitative estimate of drug-likeness (QED) is 0.0261. The number of carbonyl (C=O) groups excluding carboxylic acids is 3. The van der Waals surface area contributed by atoms with Gasteiger partial charge in [0.15, 0.2) is 6.10 Å². The monoisotopic (exact) mass is 1120 g/mol. The molecule has 0 bridgehead atoms. The fourth-order valence-electron chi connectivity index (χ4n) is 10.8. The van der Waals surface area contributed by atoms with Crippen LogP contribution in [0.3, 0.4) is 0 Å². The topological polar surface area (TPSA) is 78.9 Å². The van der Waals surface area contributed by atoms with Crippen molar-refractivity contribution in [1.29, 1.82) is 0 Å². The van der Waals surface area contributed by atoms with Gasteiger partial charge in [-0.3, -0.25) is 14.4 Å². The molecule has 0 saturated carbocycles. The largest absolute Gasteiger partial charge is 0.462 e. The first kappa shape index (κ1) is 77.4. The van der Waals surface area contributed by atoms with Crippen LogP contribution in [0.4, 0.5) is 0 Å². The maximum Gasteiger partial charge on any atom is 0.306 e. The van der Waals surface area contributed by atoms with Crippen LogP contribution in [0.15, 0.2) is 48.6 Å². The Balaban J connectivity index is 3.97. The minimum atomic E-state index is -0.768. The second-order valence-electron chi connectivity index (χ2n) is 24.1. The lowest BCUT2D eigenvalue weighted by Crippen LogP contribution is -2.30. The van der Waals surface area contributed by atoms with Gasteiger partial charge in [-0.2, -0.15) is 0 Å². The van der Waals surface area contributed by atoms with Crippen molar-refractivity contribution in [2.24, 2.45) is 0 Å². The average Bonchev–Trinajstić information content (AvgIpc) is 3.46. The molecule has 0 amide bonds. The van der Waals surface area contributed by atoms with E-state index in [1.165, 1.54) is 263 Å². The molecule has 1 unspecified atom stereocenters. The molecule has 468 valence electrons. The number of ether oxygens (including phenoxy) is 3. The van der Waals surface area contributed by atoms with Crippen LogP contribution in [0, 0.1) is 0 Å². The van der Waals surface area contributed by atoms with Gasteiger partial charge in [0.25, 0.3) is 0 Å². The van der Waals surface area contributed by atoms with Gasteiger partial charge in [-0.1, -0.05) is 358 Å². The minimum Gasteiger partial charge on any atom is -0.462 e.